The molecule has 92 heavy (non-hydrogen) atoms. The summed E-state index contributed by atoms with van der Waals surface area (Å²) in [6, 6.07) is 55.3. The van der Waals surface area contributed by atoms with Crippen LogP contribution in [0.5, 0.6) is 80.5 Å². The molecule has 0 fully saturated rings. The molecule has 0 aliphatic rings. The number of carbonyl (C=O) groups excluding carboxylic acids is 5. The van der Waals surface area contributed by atoms with E-state index in [1.807, 2.05) is 18.2 Å². The number of ether oxygens (including phenoxy) is 4. The topological polar surface area (TPSA) is 376 Å². The van der Waals surface area contributed by atoms with Gasteiger partial charge in [-0.25, -0.2) is 0 Å². The highest BCUT2D eigenvalue weighted by atomic mass is 32.2. The van der Waals surface area contributed by atoms with Crippen LogP contribution in [0.25, 0.3) is 0 Å². The molecule has 0 aromatic heterocycles. The molecule has 10 aromatic rings. The monoisotopic (exact) mass is 1270 g/mol. The van der Waals surface area contributed by atoms with Crippen LogP contribution in [0.2, 0.25) is 0 Å². The third kappa shape index (κ3) is 20.0. The van der Waals surface area contributed by atoms with E-state index in [0.29, 0.717) is 39.7 Å². The van der Waals surface area contributed by atoms with Crippen molar-refractivity contribution >= 4 is 39.5 Å². The number of phenolic OH excluding ortho intramolecular Hbond substituents is 10. The highest BCUT2D eigenvalue weighted by molar-refractivity contribution is 7.59. The number of hydrogen-bond acceptors (Lipinski definition) is 22. The Morgan fingerprint density at radius 3 is 0.598 bits per heavy atom. The van der Waals surface area contributed by atoms with Crippen LogP contribution in [-0.4, -0.2) is 121 Å². The molecule has 0 bridgehead atoms. The smallest absolute Gasteiger partial charge is 0.425 e. The Morgan fingerprint density at radius 1 is 0.250 bits per heavy atom. The van der Waals surface area contributed by atoms with E-state index >= 15 is 0 Å². The van der Waals surface area contributed by atoms with Crippen molar-refractivity contribution in [3.8, 4) is 80.5 Å². The van der Waals surface area contributed by atoms with Crippen LogP contribution in [0.15, 0.2) is 218 Å². The van der Waals surface area contributed by atoms with Crippen molar-refractivity contribution in [1.29, 1.82) is 0 Å². The second-order valence-corrected chi connectivity index (χ2v) is 19.0. The molecule has 0 atom stereocenters. The number of ketones is 5. The molecular weight excluding hydrogens is 1210 g/mol. The molecule has 0 aliphatic carbocycles. The summed E-state index contributed by atoms with van der Waals surface area (Å²) in [6.45, 7) is 0. The minimum Gasteiger partial charge on any atom is -0.508 e. The molecule has 10 aromatic carbocycles. The van der Waals surface area contributed by atoms with Crippen LogP contribution in [0.4, 0.5) is 0 Å². The van der Waals surface area contributed by atoms with Gasteiger partial charge in [-0.05, 0) is 84.9 Å². The van der Waals surface area contributed by atoms with E-state index in [4.69, 9.17) is 46.9 Å². The maximum atomic E-state index is 12.3. The molecule has 0 saturated heterocycles. The second kappa shape index (κ2) is 34.1. The Labute approximate surface area is 526 Å². The van der Waals surface area contributed by atoms with E-state index in [2.05, 4.69) is 0 Å². The van der Waals surface area contributed by atoms with E-state index in [-0.39, 0.29) is 114 Å². The maximum absolute atomic E-state index is 12.3. The van der Waals surface area contributed by atoms with Crippen molar-refractivity contribution in [3.05, 3.63) is 274 Å². The van der Waals surface area contributed by atoms with Crippen LogP contribution >= 0.6 is 0 Å². The van der Waals surface area contributed by atoms with Gasteiger partial charge in [-0.3, -0.25) is 24.0 Å². The summed E-state index contributed by atoms with van der Waals surface area (Å²) < 4.78 is 45.2. The summed E-state index contributed by atoms with van der Waals surface area (Å²) >= 11 is 0. The number of methoxy groups -OCH3 is 4. The third-order valence-corrected chi connectivity index (χ3v) is 12.6. The Kier molecular flexibility index (Phi) is 26.0. The zero-order valence-corrected chi connectivity index (χ0v) is 49.9. The first kappa shape index (κ1) is 70.1. The summed E-state index contributed by atoms with van der Waals surface area (Å²) in [6.07, 6.45) is 0. The molecule has 0 unspecified atom stereocenters. The average Bonchev–Trinajstić information content (AvgIpc) is 0.995. The summed E-state index contributed by atoms with van der Waals surface area (Å²) in [5, 5.41) is 95.2. The normalized spacial score (nSPS) is 9.87. The van der Waals surface area contributed by atoms with Gasteiger partial charge in [-0.1, -0.05) is 91.0 Å². The lowest BCUT2D eigenvalue weighted by atomic mass is 10.0. The minimum absolute atomic E-state index is 0.0474. The first-order chi connectivity index (χ1) is 43.9. The van der Waals surface area contributed by atoms with Gasteiger partial charge in [0.05, 0.1) is 67.4 Å². The second-order valence-electron chi connectivity index (χ2n) is 18.6. The lowest BCUT2D eigenvalue weighted by Gasteiger charge is -2.08. The molecule has 0 amide bonds. The summed E-state index contributed by atoms with van der Waals surface area (Å²) in [4.78, 5) is 60.4. The first-order valence-electron chi connectivity index (χ1n) is 26.6. The van der Waals surface area contributed by atoms with Crippen molar-refractivity contribution in [1.82, 2.24) is 0 Å². The molecular formula is C69H58O22S. The summed E-state index contributed by atoms with van der Waals surface area (Å²) in [5.41, 5.74) is 2.42. The number of carbonyl (C=O) groups is 5. The highest BCUT2D eigenvalue weighted by Crippen LogP contribution is 2.33. The van der Waals surface area contributed by atoms with Gasteiger partial charge in [-0.15, -0.1) is 12.6 Å². The first-order valence-corrected chi connectivity index (χ1v) is 27.6. The van der Waals surface area contributed by atoms with Crippen LogP contribution < -0.4 is 18.9 Å². The van der Waals surface area contributed by atoms with Gasteiger partial charge in [0.2, 0.25) is 0 Å². The molecule has 0 saturated carbocycles. The predicted octanol–water partition coefficient (Wildman–Crippen LogP) is 10.7. The van der Waals surface area contributed by atoms with Gasteiger partial charge in [-0.2, -0.15) is 0 Å². The molecule has 0 radical (unpaired) electrons. The van der Waals surface area contributed by atoms with E-state index < -0.39 is 22.2 Å². The lowest BCUT2D eigenvalue weighted by Crippen LogP contribution is -2.02. The van der Waals surface area contributed by atoms with Gasteiger partial charge in [0.1, 0.15) is 80.5 Å². The fourth-order valence-electron chi connectivity index (χ4n) is 7.98. The fourth-order valence-corrected chi connectivity index (χ4v) is 7.98. The maximum Gasteiger partial charge on any atom is 0.425 e. The summed E-state index contributed by atoms with van der Waals surface area (Å²) in [7, 11) is 2.83. The quantitative estimate of drug-likeness (QED) is 0.0452. The van der Waals surface area contributed by atoms with Crippen molar-refractivity contribution in [3.63, 3.8) is 0 Å². The van der Waals surface area contributed by atoms with E-state index in [1.165, 1.54) is 101 Å². The van der Waals surface area contributed by atoms with Gasteiger partial charge in [0, 0.05) is 59.2 Å². The van der Waals surface area contributed by atoms with E-state index in [9.17, 15) is 59.7 Å². The Bertz CT molecular complexity index is 4120. The average molecular weight is 1270 g/mol. The van der Waals surface area contributed by atoms with Crippen molar-refractivity contribution in [2.45, 2.75) is 0 Å². The number of aromatic hydroxyl groups is 10. The lowest BCUT2D eigenvalue weighted by molar-refractivity contribution is 0.102. The molecule has 0 heterocycles. The van der Waals surface area contributed by atoms with Gasteiger partial charge < -0.3 is 70.0 Å². The molecule has 472 valence electrons. The standard InChI is InChI=1S/C15H14O5.2C14H12O3.C13H10O5.C13H10O3.O3S/c1-19-9-3-5-11(13(16)7-9)15(18)12-6-4-10(20-2)8-14(12)17;2*1-17-11-7-8-12(13(15)9-11)14(16)10-5-3-2-4-6-10;14-7-1-3-9(11(16)5-7)13(18)10-4-2-8(15)6-12(10)17;14-10-6-7-11(12(15)8-10)13(16)9-4-2-1-3-5-9;1-4(2)3/h3-8,16-17H,1-2H3;2*2-9,15H,1H3;1-6,14-17H;1-8,14-15H;. The van der Waals surface area contributed by atoms with Crippen molar-refractivity contribution in [2.24, 2.45) is 0 Å². The highest BCUT2D eigenvalue weighted by Gasteiger charge is 2.21. The number of rotatable bonds is 14. The van der Waals surface area contributed by atoms with Gasteiger partial charge in [0.15, 0.2) is 28.9 Å². The predicted molar refractivity (Wildman–Crippen MR) is 334 cm³/mol. The molecule has 22 nitrogen and oxygen atoms in total. The number of hydrogen-bond donors (Lipinski definition) is 10. The van der Waals surface area contributed by atoms with Crippen molar-refractivity contribution < 1.29 is 107 Å². The largest absolute Gasteiger partial charge is 0.508 e. The van der Waals surface area contributed by atoms with Crippen LogP contribution in [0.1, 0.15) is 79.6 Å². The molecule has 23 heteroatoms. The molecule has 0 aliphatic heterocycles. The van der Waals surface area contributed by atoms with E-state index in [1.54, 1.807) is 109 Å². The molecule has 10 rings (SSSR count). The van der Waals surface area contributed by atoms with Gasteiger partial charge >= 0.3 is 10.6 Å². The van der Waals surface area contributed by atoms with Crippen LogP contribution in [0.3, 0.4) is 0 Å². The van der Waals surface area contributed by atoms with E-state index in [0.717, 1.165) is 18.2 Å². The fraction of sp³-hybridized carbons (Fsp3) is 0.0580. The number of benzene rings is 10. The SMILES string of the molecule is COc1ccc(C(=O)c2ccc(OC)cc2O)c(O)c1.COc1ccc(C(=O)c2ccccc2)c(O)c1.COc1ccc(C(=O)c2ccccc2)c(O)c1.O=C(c1ccc(O)cc1O)c1ccc(O)cc1O.O=C(c1ccccc1)c1ccc(O)cc1O.O=S(=O)=O. The molecule has 0 spiro atoms. The van der Waals surface area contributed by atoms with Crippen LogP contribution in [-0.2, 0) is 10.6 Å². The zero-order chi connectivity index (χ0) is 67.6. The third-order valence-electron chi connectivity index (χ3n) is 12.6. The zero-order valence-electron chi connectivity index (χ0n) is 49.1. The van der Waals surface area contributed by atoms with Crippen molar-refractivity contribution in [2.75, 3.05) is 28.4 Å². The Morgan fingerprint density at radius 2 is 0.424 bits per heavy atom. The number of phenols is 10. The van der Waals surface area contributed by atoms with Gasteiger partial charge in [0.25, 0.3) is 0 Å². The Balaban J connectivity index is 0.000000206. The molecule has 10 N–H and O–H groups in total. The Hall–Kier alpha value is -12.6. The minimum atomic E-state index is -3.11. The van der Waals surface area contributed by atoms with Crippen LogP contribution in [0, 0.1) is 0 Å². The summed E-state index contributed by atoms with van der Waals surface area (Å²) in [5.74, 6) is -1.76.